The lowest BCUT2D eigenvalue weighted by Crippen LogP contribution is -2.40. The van der Waals surface area contributed by atoms with Crippen molar-refractivity contribution in [2.24, 2.45) is 0 Å². The Balaban J connectivity index is 1.79. The lowest BCUT2D eigenvalue weighted by molar-refractivity contribution is -0.123. The number of anilines is 1. The Kier molecular flexibility index (Phi) is 3.40. The smallest absolute Gasteiger partial charge is 0.241 e. The topological polar surface area (TPSA) is 82.2 Å². The normalized spacial score (nSPS) is 17.2. The molecule has 2 rings (SSSR count). The Morgan fingerprint density at radius 3 is 3.00 bits per heavy atom. The van der Waals surface area contributed by atoms with Crippen molar-refractivity contribution in [3.05, 3.63) is 12.4 Å². The van der Waals surface area contributed by atoms with Crippen LogP contribution in [0.5, 0.6) is 0 Å². The Morgan fingerprint density at radius 2 is 2.38 bits per heavy atom. The van der Waals surface area contributed by atoms with E-state index in [-0.39, 0.29) is 18.5 Å². The Morgan fingerprint density at radius 1 is 1.62 bits per heavy atom. The molecule has 0 aromatic carbocycles. The molecule has 0 aliphatic carbocycles. The van der Waals surface area contributed by atoms with E-state index in [2.05, 4.69) is 10.4 Å². The van der Waals surface area contributed by atoms with Crippen LogP contribution in [-0.4, -0.2) is 34.9 Å². The molecule has 1 aliphatic heterocycles. The van der Waals surface area contributed by atoms with Crippen molar-refractivity contribution in [1.29, 1.82) is 0 Å². The van der Waals surface area contributed by atoms with E-state index in [4.69, 9.17) is 10.5 Å². The molecular formula is C10H16N4O2. The Labute approximate surface area is 93.8 Å². The van der Waals surface area contributed by atoms with E-state index < -0.39 is 0 Å². The van der Waals surface area contributed by atoms with Gasteiger partial charge in [-0.25, -0.2) is 0 Å². The zero-order valence-electron chi connectivity index (χ0n) is 9.06. The number of hydrogen-bond donors (Lipinski definition) is 2. The Hall–Kier alpha value is -1.56. The molecule has 1 aromatic heterocycles. The number of rotatable bonds is 3. The quantitative estimate of drug-likeness (QED) is 0.742. The predicted molar refractivity (Wildman–Crippen MR) is 58.6 cm³/mol. The second-order valence-electron chi connectivity index (χ2n) is 3.93. The van der Waals surface area contributed by atoms with E-state index in [1.165, 1.54) is 10.9 Å². The van der Waals surface area contributed by atoms with E-state index in [9.17, 15) is 4.79 Å². The van der Waals surface area contributed by atoms with Crippen LogP contribution in [-0.2, 0) is 16.1 Å². The van der Waals surface area contributed by atoms with Crippen LogP contribution >= 0.6 is 0 Å². The highest BCUT2D eigenvalue weighted by Crippen LogP contribution is 2.06. The van der Waals surface area contributed by atoms with Gasteiger partial charge in [-0.2, -0.15) is 5.10 Å². The predicted octanol–water partition coefficient (Wildman–Crippen LogP) is -0.240. The van der Waals surface area contributed by atoms with Gasteiger partial charge in [-0.15, -0.1) is 0 Å². The van der Waals surface area contributed by atoms with Gasteiger partial charge in [0.1, 0.15) is 6.54 Å². The van der Waals surface area contributed by atoms with Gasteiger partial charge in [-0.1, -0.05) is 0 Å². The van der Waals surface area contributed by atoms with Crippen LogP contribution in [0.1, 0.15) is 12.8 Å². The molecule has 0 saturated carbocycles. The fourth-order valence-electron chi connectivity index (χ4n) is 1.73. The summed E-state index contributed by atoms with van der Waals surface area (Å²) in [6.07, 6.45) is 4.94. The van der Waals surface area contributed by atoms with Gasteiger partial charge in [0.05, 0.1) is 11.9 Å². The summed E-state index contributed by atoms with van der Waals surface area (Å²) in [5, 5.41) is 6.91. The summed E-state index contributed by atoms with van der Waals surface area (Å²) >= 11 is 0. The van der Waals surface area contributed by atoms with Crippen molar-refractivity contribution < 1.29 is 9.53 Å². The minimum Gasteiger partial charge on any atom is -0.396 e. The number of hydrogen-bond acceptors (Lipinski definition) is 4. The van der Waals surface area contributed by atoms with Gasteiger partial charge in [0.15, 0.2) is 0 Å². The van der Waals surface area contributed by atoms with E-state index >= 15 is 0 Å². The maximum absolute atomic E-state index is 11.6. The molecule has 0 bridgehead atoms. The van der Waals surface area contributed by atoms with Gasteiger partial charge < -0.3 is 15.8 Å². The van der Waals surface area contributed by atoms with Gasteiger partial charge in [-0.3, -0.25) is 9.48 Å². The average Bonchev–Trinajstić information content (AvgIpc) is 2.65. The van der Waals surface area contributed by atoms with E-state index in [1.54, 1.807) is 6.20 Å². The maximum atomic E-state index is 11.6. The summed E-state index contributed by atoms with van der Waals surface area (Å²) in [6.45, 7) is 1.66. The van der Waals surface area contributed by atoms with Crippen LogP contribution in [0.4, 0.5) is 5.69 Å². The number of carbonyl (C=O) groups excluding carboxylic acids is 1. The molecule has 0 radical (unpaired) electrons. The largest absolute Gasteiger partial charge is 0.396 e. The lowest BCUT2D eigenvalue weighted by atomic mass is 10.1. The molecule has 6 heteroatoms. The van der Waals surface area contributed by atoms with Crippen molar-refractivity contribution in [1.82, 2.24) is 15.1 Å². The van der Waals surface area contributed by atoms with Gasteiger partial charge in [-0.05, 0) is 12.8 Å². The highest BCUT2D eigenvalue weighted by Gasteiger charge is 2.16. The molecule has 0 unspecified atom stereocenters. The third-order valence-electron chi connectivity index (χ3n) is 2.55. The number of aromatic nitrogens is 2. The summed E-state index contributed by atoms with van der Waals surface area (Å²) < 4.78 is 6.75. The fraction of sp³-hybridized carbons (Fsp3) is 0.600. The summed E-state index contributed by atoms with van der Waals surface area (Å²) in [5.41, 5.74) is 6.08. The highest BCUT2D eigenvalue weighted by molar-refractivity contribution is 5.76. The number of nitrogen functional groups attached to an aromatic ring is 1. The second-order valence-corrected chi connectivity index (χ2v) is 3.93. The van der Waals surface area contributed by atoms with E-state index in [1.807, 2.05) is 0 Å². The minimum absolute atomic E-state index is 0.0324. The molecule has 1 amide bonds. The van der Waals surface area contributed by atoms with Crippen molar-refractivity contribution in [2.75, 3.05) is 18.9 Å². The number of nitrogens with zero attached hydrogens (tertiary/aromatic N) is 2. The first kappa shape index (κ1) is 10.9. The minimum atomic E-state index is -0.0324. The third kappa shape index (κ3) is 2.96. The summed E-state index contributed by atoms with van der Waals surface area (Å²) in [5.74, 6) is -0.0324. The monoisotopic (exact) mass is 224 g/mol. The summed E-state index contributed by atoms with van der Waals surface area (Å²) in [4.78, 5) is 11.6. The molecule has 1 fully saturated rings. The zero-order chi connectivity index (χ0) is 11.4. The molecular weight excluding hydrogens is 208 g/mol. The molecule has 0 spiro atoms. The number of ether oxygens (including phenoxy) is 1. The molecule has 2 heterocycles. The van der Waals surface area contributed by atoms with E-state index in [0.717, 1.165) is 26.1 Å². The standard InChI is InChI=1S/C10H16N4O2/c11-8-5-12-14(6-8)7-10(15)13-9-1-3-16-4-2-9/h5-6,9H,1-4,7,11H2,(H,13,15). The molecule has 1 aliphatic rings. The van der Waals surface area contributed by atoms with Crippen LogP contribution in [0.2, 0.25) is 0 Å². The van der Waals surface area contributed by atoms with Crippen LogP contribution in [0.25, 0.3) is 0 Å². The van der Waals surface area contributed by atoms with Crippen molar-refractivity contribution in [2.45, 2.75) is 25.4 Å². The number of carbonyl (C=O) groups is 1. The number of amides is 1. The third-order valence-corrected chi connectivity index (χ3v) is 2.55. The number of nitrogens with one attached hydrogen (secondary N) is 1. The molecule has 16 heavy (non-hydrogen) atoms. The van der Waals surface area contributed by atoms with Crippen molar-refractivity contribution in [3.63, 3.8) is 0 Å². The fourth-order valence-corrected chi connectivity index (χ4v) is 1.73. The first-order valence-electron chi connectivity index (χ1n) is 5.39. The molecule has 6 nitrogen and oxygen atoms in total. The van der Waals surface area contributed by atoms with Gasteiger partial charge >= 0.3 is 0 Å². The van der Waals surface area contributed by atoms with Crippen molar-refractivity contribution in [3.8, 4) is 0 Å². The van der Waals surface area contributed by atoms with Crippen LogP contribution in [0.15, 0.2) is 12.4 Å². The van der Waals surface area contributed by atoms with E-state index in [0.29, 0.717) is 5.69 Å². The molecule has 0 atom stereocenters. The number of nitrogens with two attached hydrogens (primary N) is 1. The van der Waals surface area contributed by atoms with Crippen LogP contribution in [0, 0.1) is 0 Å². The van der Waals surface area contributed by atoms with Crippen molar-refractivity contribution >= 4 is 11.6 Å². The van der Waals surface area contributed by atoms with Gasteiger partial charge in [0.25, 0.3) is 0 Å². The first-order valence-corrected chi connectivity index (χ1v) is 5.39. The summed E-state index contributed by atoms with van der Waals surface area (Å²) in [6, 6.07) is 0.231. The molecule has 3 N–H and O–H groups in total. The maximum Gasteiger partial charge on any atom is 0.241 e. The first-order chi connectivity index (χ1) is 7.74. The van der Waals surface area contributed by atoms with Gasteiger partial charge in [0, 0.05) is 25.5 Å². The SMILES string of the molecule is Nc1cnn(CC(=O)NC2CCOCC2)c1. The molecule has 1 saturated heterocycles. The zero-order valence-corrected chi connectivity index (χ0v) is 9.06. The molecule has 88 valence electrons. The lowest BCUT2D eigenvalue weighted by Gasteiger charge is -2.23. The van der Waals surface area contributed by atoms with Gasteiger partial charge in [0.2, 0.25) is 5.91 Å². The second kappa shape index (κ2) is 4.98. The van der Waals surface area contributed by atoms with Crippen LogP contribution in [0.3, 0.4) is 0 Å². The summed E-state index contributed by atoms with van der Waals surface area (Å²) in [7, 11) is 0. The van der Waals surface area contributed by atoms with Crippen LogP contribution < -0.4 is 11.1 Å². The average molecular weight is 224 g/mol. The highest BCUT2D eigenvalue weighted by atomic mass is 16.5. The Bertz CT molecular complexity index is 357. The molecule has 1 aromatic rings.